The van der Waals surface area contributed by atoms with Gasteiger partial charge in [0.25, 0.3) is 5.91 Å². The lowest BCUT2D eigenvalue weighted by atomic mass is 10.2. The number of alkyl halides is 3. The van der Waals surface area contributed by atoms with Gasteiger partial charge in [-0.05, 0) is 36.4 Å². The summed E-state index contributed by atoms with van der Waals surface area (Å²) >= 11 is 19.3. The van der Waals surface area contributed by atoms with Crippen molar-refractivity contribution in [2.24, 2.45) is 4.99 Å². The number of rotatable bonds is 5. The molecule has 1 fully saturated rings. The van der Waals surface area contributed by atoms with Gasteiger partial charge < -0.3 is 4.90 Å². The second-order valence-electron chi connectivity index (χ2n) is 7.23. The number of urea groups is 1. The molecule has 0 aromatic heterocycles. The maximum Gasteiger partial charge on any atom is 0.337 e. The summed E-state index contributed by atoms with van der Waals surface area (Å²) in [6.07, 6.45) is -1.17. The Morgan fingerprint density at radius 3 is 1.70 bits per heavy atom. The fraction of sp³-hybridized carbons (Fsp3) is 0.125. The Bertz CT molecular complexity index is 1130. The van der Waals surface area contributed by atoms with Gasteiger partial charge in [0.1, 0.15) is 0 Å². The Hall–Kier alpha value is -3.06. The van der Waals surface area contributed by atoms with Crippen molar-refractivity contribution in [3.8, 4) is 0 Å². The van der Waals surface area contributed by atoms with Gasteiger partial charge in [0.2, 0.25) is 9.63 Å². The molecule has 9 heteroatoms. The van der Waals surface area contributed by atoms with Crippen LogP contribution in [0.25, 0.3) is 0 Å². The minimum Gasteiger partial charge on any atom is -0.315 e. The Balaban J connectivity index is 1.91. The minimum atomic E-state index is -1.95. The largest absolute Gasteiger partial charge is 0.337 e. The van der Waals surface area contributed by atoms with Crippen molar-refractivity contribution < 1.29 is 9.59 Å². The van der Waals surface area contributed by atoms with Gasteiger partial charge in [-0.3, -0.25) is 9.69 Å². The van der Waals surface area contributed by atoms with Crippen LogP contribution >= 0.6 is 34.8 Å². The van der Waals surface area contributed by atoms with E-state index >= 15 is 0 Å². The summed E-state index contributed by atoms with van der Waals surface area (Å²) in [4.78, 5) is 34.5. The van der Waals surface area contributed by atoms with Crippen molar-refractivity contribution in [3.63, 3.8) is 0 Å². The molecule has 1 aliphatic heterocycles. The van der Waals surface area contributed by atoms with Crippen molar-refractivity contribution in [1.82, 2.24) is 4.90 Å². The molecule has 33 heavy (non-hydrogen) atoms. The summed E-state index contributed by atoms with van der Waals surface area (Å²) in [5.74, 6) is -0.730. The molecule has 3 amide bonds. The average molecular weight is 502 g/mol. The van der Waals surface area contributed by atoms with Gasteiger partial charge in [0.15, 0.2) is 6.17 Å². The molecular weight excluding hydrogens is 483 g/mol. The molecule has 0 N–H and O–H groups in total. The van der Waals surface area contributed by atoms with E-state index in [0.29, 0.717) is 17.1 Å². The third-order valence-electron chi connectivity index (χ3n) is 5.05. The fourth-order valence-corrected chi connectivity index (χ4v) is 3.94. The highest BCUT2D eigenvalue weighted by Gasteiger charge is 2.45. The lowest BCUT2D eigenvalue weighted by Gasteiger charge is -2.35. The number of likely N-dealkylation sites (N-methyl/N-ethyl adjacent to an activating group) is 1. The van der Waals surface area contributed by atoms with Gasteiger partial charge in [-0.1, -0.05) is 89.4 Å². The molecule has 0 bridgehead atoms. The van der Waals surface area contributed by atoms with Crippen LogP contribution in [-0.4, -0.2) is 39.7 Å². The van der Waals surface area contributed by atoms with Gasteiger partial charge in [0, 0.05) is 18.4 Å². The fourth-order valence-electron chi connectivity index (χ4n) is 3.50. The first-order valence-corrected chi connectivity index (χ1v) is 11.1. The maximum absolute atomic E-state index is 13.0. The number of imide groups is 1. The van der Waals surface area contributed by atoms with E-state index in [-0.39, 0.29) is 5.84 Å². The lowest BCUT2D eigenvalue weighted by molar-refractivity contribution is -0.119. The number of nitrogens with zero attached hydrogens (tertiary/aromatic N) is 4. The number of halogens is 3. The molecule has 1 atom stereocenters. The Kier molecular flexibility index (Phi) is 6.61. The van der Waals surface area contributed by atoms with E-state index in [2.05, 4.69) is 4.99 Å². The van der Waals surface area contributed by atoms with Crippen LogP contribution in [0.3, 0.4) is 0 Å². The van der Waals surface area contributed by atoms with Gasteiger partial charge in [-0.2, -0.15) is 0 Å². The average Bonchev–Trinajstić information content (AvgIpc) is 3.03. The molecule has 3 aromatic carbocycles. The van der Waals surface area contributed by atoms with E-state index in [0.717, 1.165) is 4.90 Å². The van der Waals surface area contributed by atoms with Gasteiger partial charge >= 0.3 is 6.03 Å². The summed E-state index contributed by atoms with van der Waals surface area (Å²) in [6, 6.07) is 26.7. The Morgan fingerprint density at radius 2 is 1.24 bits per heavy atom. The third kappa shape index (κ3) is 4.69. The summed E-state index contributed by atoms with van der Waals surface area (Å²) in [5, 5.41) is 0. The van der Waals surface area contributed by atoms with Crippen LogP contribution < -0.4 is 9.80 Å². The molecule has 6 nitrogen and oxygen atoms in total. The van der Waals surface area contributed by atoms with Gasteiger partial charge in [-0.25, -0.2) is 14.7 Å². The minimum absolute atomic E-state index is 0.137. The van der Waals surface area contributed by atoms with Crippen LogP contribution in [0.2, 0.25) is 0 Å². The van der Waals surface area contributed by atoms with E-state index < -0.39 is 21.9 Å². The first-order valence-electron chi connectivity index (χ1n) is 10.00. The van der Waals surface area contributed by atoms with Crippen LogP contribution in [0, 0.1) is 0 Å². The smallest absolute Gasteiger partial charge is 0.315 e. The highest BCUT2D eigenvalue weighted by atomic mass is 35.6. The number of anilines is 3. The van der Waals surface area contributed by atoms with Crippen molar-refractivity contribution in [3.05, 3.63) is 91.0 Å². The molecule has 1 saturated heterocycles. The second kappa shape index (κ2) is 9.43. The van der Waals surface area contributed by atoms with Crippen LogP contribution in [0.15, 0.2) is 96.0 Å². The zero-order valence-corrected chi connectivity index (χ0v) is 19.7. The number of carbonyl (C=O) groups is 2. The first kappa shape index (κ1) is 23.1. The molecule has 0 aliphatic carbocycles. The topological polar surface area (TPSA) is 56.2 Å². The number of hydrogen-bond donors (Lipinski definition) is 0. The number of para-hydroxylation sites is 3. The molecule has 1 unspecified atom stereocenters. The predicted octanol–water partition coefficient (Wildman–Crippen LogP) is 6.02. The Labute approximate surface area is 206 Å². The SMILES string of the molecule is CN1C(=O)/C(=N\C(N(c2ccccc2)c2ccccc2)C(Cl)(Cl)Cl)N(c2ccccc2)C1=O. The lowest BCUT2D eigenvalue weighted by Crippen LogP contribution is -2.43. The maximum atomic E-state index is 13.0. The zero-order valence-electron chi connectivity index (χ0n) is 17.5. The van der Waals surface area contributed by atoms with Gasteiger partial charge in [-0.15, -0.1) is 0 Å². The standard InChI is InChI=1S/C24H19Cl3N4O2/c1-29-21(32)20(31(23(29)33)19-15-9-4-10-16-19)28-22(24(25,26)27)30(17-11-5-2-6-12-17)18-13-7-3-8-14-18/h2-16,22H,1H3/b28-20+. The first-order chi connectivity index (χ1) is 15.8. The number of hydrogen-bond acceptors (Lipinski definition) is 4. The molecule has 4 rings (SSSR count). The van der Waals surface area contributed by atoms with E-state index in [1.807, 2.05) is 66.7 Å². The van der Waals surface area contributed by atoms with E-state index in [1.165, 1.54) is 11.9 Å². The van der Waals surface area contributed by atoms with Crippen LogP contribution in [0.4, 0.5) is 21.9 Å². The normalized spacial score (nSPS) is 16.4. The van der Waals surface area contributed by atoms with Crippen LogP contribution in [-0.2, 0) is 4.79 Å². The van der Waals surface area contributed by atoms with Crippen LogP contribution in [0.1, 0.15) is 0 Å². The number of amidine groups is 1. The molecule has 1 heterocycles. The quantitative estimate of drug-likeness (QED) is 0.317. The number of benzene rings is 3. The molecule has 1 aliphatic rings. The van der Waals surface area contributed by atoms with Crippen molar-refractivity contribution in [1.29, 1.82) is 0 Å². The number of amides is 3. The predicted molar refractivity (Wildman–Crippen MR) is 134 cm³/mol. The highest BCUT2D eigenvalue weighted by Crippen LogP contribution is 2.41. The summed E-state index contributed by atoms with van der Waals surface area (Å²) in [5.41, 5.74) is 1.87. The van der Waals surface area contributed by atoms with E-state index in [1.54, 1.807) is 29.2 Å². The molecule has 0 spiro atoms. The monoisotopic (exact) mass is 500 g/mol. The molecule has 168 valence electrons. The van der Waals surface area contributed by atoms with Crippen LogP contribution in [0.5, 0.6) is 0 Å². The molecule has 3 aromatic rings. The molecule has 0 radical (unpaired) electrons. The molecule has 0 saturated carbocycles. The van der Waals surface area contributed by atoms with Gasteiger partial charge in [0.05, 0.1) is 5.69 Å². The summed E-state index contributed by atoms with van der Waals surface area (Å²) in [6.45, 7) is 0. The summed E-state index contributed by atoms with van der Waals surface area (Å²) < 4.78 is -1.95. The summed E-state index contributed by atoms with van der Waals surface area (Å²) in [7, 11) is 1.39. The Morgan fingerprint density at radius 1 is 0.788 bits per heavy atom. The van der Waals surface area contributed by atoms with Crippen molar-refractivity contribution in [2.75, 3.05) is 16.8 Å². The zero-order chi connectivity index (χ0) is 23.6. The van der Waals surface area contributed by atoms with Crippen molar-refractivity contribution in [2.45, 2.75) is 9.96 Å². The highest BCUT2D eigenvalue weighted by molar-refractivity contribution is 6.68. The van der Waals surface area contributed by atoms with E-state index in [4.69, 9.17) is 34.8 Å². The van der Waals surface area contributed by atoms with E-state index in [9.17, 15) is 9.59 Å². The number of carbonyl (C=O) groups excluding carboxylic acids is 2. The van der Waals surface area contributed by atoms with Crippen molar-refractivity contribution >= 4 is 69.6 Å². The number of aliphatic imine (C=N–C) groups is 1. The molecular formula is C24H19Cl3N4O2. The third-order valence-corrected chi connectivity index (χ3v) is 5.64. The second-order valence-corrected chi connectivity index (χ2v) is 9.60.